The van der Waals surface area contributed by atoms with Crippen molar-refractivity contribution in [2.75, 3.05) is 7.11 Å². The minimum absolute atomic E-state index is 0. The van der Waals surface area contributed by atoms with Gasteiger partial charge < -0.3 is 14.8 Å². The van der Waals surface area contributed by atoms with Crippen molar-refractivity contribution in [2.45, 2.75) is 6.10 Å². The van der Waals surface area contributed by atoms with Crippen molar-refractivity contribution in [1.29, 1.82) is 0 Å². The Kier molecular flexibility index (Phi) is 8.90. The number of rotatable bonds is 5. The van der Waals surface area contributed by atoms with Gasteiger partial charge in [0.15, 0.2) is 0 Å². The van der Waals surface area contributed by atoms with Gasteiger partial charge in [0.25, 0.3) is 0 Å². The third kappa shape index (κ3) is 5.74. The Hall–Kier alpha value is -6.01. The number of ether oxygens (including phenoxy) is 1. The second-order valence-electron chi connectivity index (χ2n) is 12.4. The van der Waals surface area contributed by atoms with Crippen LogP contribution in [0.2, 0.25) is 0 Å². The molecule has 9 rings (SSSR count). The van der Waals surface area contributed by atoms with Crippen molar-refractivity contribution in [3.8, 4) is 0 Å². The maximum atomic E-state index is 14.5. The van der Waals surface area contributed by atoms with Crippen LogP contribution in [-0.2, 0) is 24.2 Å². The van der Waals surface area contributed by atoms with E-state index in [1.54, 1.807) is 7.11 Å². The zero-order valence-corrected chi connectivity index (χ0v) is 31.4. The maximum Gasteiger partial charge on any atom is 2.00 e. The number of methoxy groups -OCH3 is 1. The molecule has 0 spiro atoms. The monoisotopic (exact) mass is 722 g/mol. The summed E-state index contributed by atoms with van der Waals surface area (Å²) >= 11 is 0. The third-order valence-corrected chi connectivity index (χ3v) is 9.39. The van der Waals surface area contributed by atoms with E-state index < -0.39 is 6.10 Å². The summed E-state index contributed by atoms with van der Waals surface area (Å²) in [5.74, 6) is -0.230. The molecule has 0 aliphatic carbocycles. The van der Waals surface area contributed by atoms with Crippen LogP contribution in [0.4, 0.5) is 0 Å². The molecule has 6 nitrogen and oxygen atoms in total. The molecule has 4 aliphatic heterocycles. The van der Waals surface area contributed by atoms with Crippen molar-refractivity contribution in [2.24, 2.45) is 15.0 Å². The molecule has 0 saturated heterocycles. The Labute approximate surface area is 314 Å². The first kappa shape index (κ1) is 33.2. The molecular formula is C45H30N4O2Zn. The fourth-order valence-electron chi connectivity index (χ4n) is 7.10. The number of nitrogens with zero attached hydrogens (tertiary/aromatic N) is 4. The van der Waals surface area contributed by atoms with E-state index in [0.29, 0.717) is 28.0 Å². The van der Waals surface area contributed by atoms with Crippen molar-refractivity contribution < 1.29 is 29.3 Å². The Balaban J connectivity index is 0.00000387. The Morgan fingerprint density at radius 3 is 1.44 bits per heavy atom. The fraction of sp³-hybridized carbons (Fsp3) is 0.0444. The van der Waals surface area contributed by atoms with Gasteiger partial charge in [-0.15, -0.1) is 10.7 Å². The van der Waals surface area contributed by atoms with Gasteiger partial charge in [-0.2, -0.15) is 0 Å². The van der Waals surface area contributed by atoms with Crippen LogP contribution < -0.4 is 20.8 Å². The molecule has 0 N–H and O–H groups in total. The fourth-order valence-corrected chi connectivity index (χ4v) is 7.10. The molecule has 0 fully saturated rings. The standard InChI is InChI=1S/C45H31N4O2.Zn/c1-51-45-43-41(31-20-12-5-13-21-31)37-27-25-35(48-37)39(29-16-8-3-9-17-29)33-23-22-32(46-33)38(28-14-6-2-7-15-28)34-24-26-36(47-34)40(42(49-43)44(45)50)30-18-10-4-11-19-30;/h2-27,45H,1H3,(H-,46,47,48,49,50);/q-1;+2/p-1. The summed E-state index contributed by atoms with van der Waals surface area (Å²) in [6, 6.07) is 44.1. The van der Waals surface area contributed by atoms with E-state index in [-0.39, 0.29) is 25.2 Å². The number of fused-ring (bicyclic) bond motifs is 5. The van der Waals surface area contributed by atoms with Gasteiger partial charge in [0.05, 0.1) is 34.2 Å². The second-order valence-corrected chi connectivity index (χ2v) is 12.4. The normalized spacial score (nSPS) is 17.8. The first-order valence-corrected chi connectivity index (χ1v) is 16.8. The number of benzene rings is 4. The van der Waals surface area contributed by atoms with Gasteiger partial charge in [-0.3, -0.25) is 0 Å². The summed E-state index contributed by atoms with van der Waals surface area (Å²) in [5.41, 5.74) is 10.7. The van der Waals surface area contributed by atoms with E-state index in [0.717, 1.165) is 61.4 Å². The van der Waals surface area contributed by atoms with Crippen LogP contribution in [0.1, 0.15) is 22.3 Å². The van der Waals surface area contributed by atoms with Crippen molar-refractivity contribution in [3.05, 3.63) is 214 Å². The molecule has 7 heteroatoms. The van der Waals surface area contributed by atoms with E-state index in [4.69, 9.17) is 24.7 Å². The summed E-state index contributed by atoms with van der Waals surface area (Å²) in [6.45, 7) is 0. The zero-order valence-electron chi connectivity index (χ0n) is 28.4. The molecule has 8 bridgehead atoms. The average molecular weight is 724 g/mol. The SMILES string of the molecule is COC1C2=NC(=C1[O-])C(c1ccccc1)=c1ccc([n-]1)=C(c1ccccc1)C1=NC(=C(c3ccccc3)C3=NC(=C2c2ccccc2)C=C3)C=C1.[Zn+2]. The average Bonchev–Trinajstić information content (AvgIpc) is 4.01. The van der Waals surface area contributed by atoms with Crippen molar-refractivity contribution >= 4 is 39.4 Å². The predicted molar refractivity (Wildman–Crippen MR) is 202 cm³/mol. The largest absolute Gasteiger partial charge is 2.00 e. The van der Waals surface area contributed by atoms with E-state index >= 15 is 0 Å². The summed E-state index contributed by atoms with van der Waals surface area (Å²) in [7, 11) is 1.55. The van der Waals surface area contributed by atoms with Crippen molar-refractivity contribution in [1.82, 2.24) is 4.98 Å². The molecule has 1 unspecified atom stereocenters. The molecule has 4 aromatic carbocycles. The first-order valence-electron chi connectivity index (χ1n) is 16.8. The summed E-state index contributed by atoms with van der Waals surface area (Å²) in [5, 5.41) is 15.9. The number of hydrogen-bond donors (Lipinski definition) is 0. The summed E-state index contributed by atoms with van der Waals surface area (Å²) in [4.78, 5) is 21.0. The van der Waals surface area contributed by atoms with E-state index in [9.17, 15) is 5.11 Å². The summed E-state index contributed by atoms with van der Waals surface area (Å²) in [6.07, 6.45) is 7.18. The summed E-state index contributed by atoms with van der Waals surface area (Å²) < 4.78 is 5.98. The van der Waals surface area contributed by atoms with Crippen LogP contribution >= 0.6 is 0 Å². The molecule has 0 radical (unpaired) electrons. The first-order chi connectivity index (χ1) is 25.2. The van der Waals surface area contributed by atoms with Gasteiger partial charge in [0.2, 0.25) is 0 Å². The quantitative estimate of drug-likeness (QED) is 0.211. The molecule has 244 valence electrons. The smallest absolute Gasteiger partial charge is 0.872 e. The van der Waals surface area contributed by atoms with Crippen LogP contribution in [0, 0.1) is 0 Å². The minimum Gasteiger partial charge on any atom is -0.872 e. The van der Waals surface area contributed by atoms with E-state index in [2.05, 4.69) is 36.4 Å². The molecule has 1 aromatic heterocycles. The van der Waals surface area contributed by atoms with E-state index in [1.165, 1.54) is 0 Å². The van der Waals surface area contributed by atoms with Crippen LogP contribution in [0.5, 0.6) is 0 Å². The second kappa shape index (κ2) is 14.0. The van der Waals surface area contributed by atoms with Gasteiger partial charge in [-0.1, -0.05) is 139 Å². The molecule has 5 heterocycles. The van der Waals surface area contributed by atoms with Gasteiger partial charge in [-0.25, -0.2) is 15.0 Å². The maximum absolute atomic E-state index is 14.5. The van der Waals surface area contributed by atoms with Crippen molar-refractivity contribution in [3.63, 3.8) is 0 Å². The van der Waals surface area contributed by atoms with E-state index in [1.807, 2.05) is 121 Å². The number of hydrogen-bond acceptors (Lipinski definition) is 5. The van der Waals surface area contributed by atoms with Crippen LogP contribution in [-0.4, -0.2) is 30.3 Å². The van der Waals surface area contributed by atoms with Crippen LogP contribution in [0.25, 0.3) is 22.3 Å². The zero-order chi connectivity index (χ0) is 34.3. The Bertz CT molecular complexity index is 2590. The molecule has 4 aliphatic rings. The molecular weight excluding hydrogens is 694 g/mol. The van der Waals surface area contributed by atoms with Crippen LogP contribution in [0.15, 0.2) is 196 Å². The molecule has 5 aromatic rings. The predicted octanol–water partition coefficient (Wildman–Crippen LogP) is 5.94. The third-order valence-electron chi connectivity index (χ3n) is 9.39. The Morgan fingerprint density at radius 1 is 0.500 bits per heavy atom. The molecule has 1 atom stereocenters. The van der Waals surface area contributed by atoms with Gasteiger partial charge in [0.1, 0.15) is 6.10 Å². The van der Waals surface area contributed by atoms with Gasteiger partial charge in [0, 0.05) is 18.3 Å². The van der Waals surface area contributed by atoms with Gasteiger partial charge >= 0.3 is 19.5 Å². The minimum atomic E-state index is -0.943. The molecule has 52 heavy (non-hydrogen) atoms. The number of aliphatic imine (C=N–C) groups is 3. The topological polar surface area (TPSA) is 83.5 Å². The van der Waals surface area contributed by atoms with Gasteiger partial charge in [-0.05, 0) is 57.7 Å². The molecule has 0 saturated carbocycles. The number of aromatic nitrogens is 1. The van der Waals surface area contributed by atoms with Crippen LogP contribution in [0.3, 0.4) is 0 Å². The number of allylic oxidation sites excluding steroid dienone is 6. The Morgan fingerprint density at radius 2 is 0.923 bits per heavy atom. The molecule has 0 amide bonds.